The molecular formula is C25H22FN3O2. The van der Waals surface area contributed by atoms with Gasteiger partial charge in [0.15, 0.2) is 11.5 Å². The first-order valence-corrected chi connectivity index (χ1v) is 10.4. The maximum Gasteiger partial charge on any atom is 0.255 e. The minimum absolute atomic E-state index is 0.0128. The van der Waals surface area contributed by atoms with E-state index in [1.807, 2.05) is 53.4 Å². The summed E-state index contributed by atoms with van der Waals surface area (Å²) < 4.78 is 19.1. The van der Waals surface area contributed by atoms with Crippen LogP contribution in [0.1, 0.15) is 35.0 Å². The fourth-order valence-corrected chi connectivity index (χ4v) is 4.03. The molecule has 2 heterocycles. The van der Waals surface area contributed by atoms with Crippen molar-refractivity contribution in [1.82, 2.24) is 9.88 Å². The van der Waals surface area contributed by atoms with Crippen LogP contribution in [0.15, 0.2) is 77.2 Å². The van der Waals surface area contributed by atoms with E-state index in [-0.39, 0.29) is 17.6 Å². The highest BCUT2D eigenvalue weighted by Crippen LogP contribution is 2.31. The number of carbonyl (C=O) groups is 1. The number of amides is 1. The van der Waals surface area contributed by atoms with Crippen molar-refractivity contribution < 1.29 is 13.6 Å². The number of piperidine rings is 1. The standard InChI is InChI=1S/C25H22FN3O2/c26-18-9-11-19(12-10-18)27-21-6-2-1-5-20(21)25(30)29-15-13-17(14-16-29)24-28-22-7-3-4-8-23(22)31-24/h1-12,17,27H,13-16H2. The Labute approximate surface area is 179 Å². The van der Waals surface area contributed by atoms with E-state index in [2.05, 4.69) is 10.3 Å². The van der Waals surface area contributed by atoms with E-state index in [0.717, 1.165) is 35.5 Å². The van der Waals surface area contributed by atoms with Crippen LogP contribution < -0.4 is 5.32 Å². The van der Waals surface area contributed by atoms with E-state index in [0.29, 0.717) is 24.3 Å². The Morgan fingerprint density at radius 3 is 2.45 bits per heavy atom. The van der Waals surface area contributed by atoms with Gasteiger partial charge in [0.05, 0.1) is 11.3 Å². The smallest absolute Gasteiger partial charge is 0.255 e. The molecule has 1 amide bonds. The van der Waals surface area contributed by atoms with Gasteiger partial charge in [-0.15, -0.1) is 0 Å². The monoisotopic (exact) mass is 415 g/mol. The Morgan fingerprint density at radius 2 is 1.68 bits per heavy atom. The molecule has 0 saturated carbocycles. The summed E-state index contributed by atoms with van der Waals surface area (Å²) in [4.78, 5) is 19.7. The summed E-state index contributed by atoms with van der Waals surface area (Å²) >= 11 is 0. The van der Waals surface area contributed by atoms with Crippen molar-refractivity contribution in [3.63, 3.8) is 0 Å². The summed E-state index contributed by atoms with van der Waals surface area (Å²) in [6, 6.07) is 21.3. The van der Waals surface area contributed by atoms with E-state index in [9.17, 15) is 9.18 Å². The summed E-state index contributed by atoms with van der Waals surface area (Å²) in [6.07, 6.45) is 1.62. The molecule has 0 aliphatic carbocycles. The number of anilines is 2. The Kier molecular flexibility index (Phi) is 5.12. The van der Waals surface area contributed by atoms with Gasteiger partial charge in [-0.1, -0.05) is 24.3 Å². The number of nitrogens with one attached hydrogen (secondary N) is 1. The molecule has 1 fully saturated rings. The van der Waals surface area contributed by atoms with E-state index in [4.69, 9.17) is 4.42 Å². The summed E-state index contributed by atoms with van der Waals surface area (Å²) in [7, 11) is 0. The first-order valence-electron chi connectivity index (χ1n) is 10.4. The van der Waals surface area contributed by atoms with Crippen LogP contribution >= 0.6 is 0 Å². The number of carbonyl (C=O) groups excluding carboxylic acids is 1. The van der Waals surface area contributed by atoms with E-state index >= 15 is 0 Å². The number of oxazole rings is 1. The zero-order valence-corrected chi connectivity index (χ0v) is 16.9. The minimum atomic E-state index is -0.295. The highest BCUT2D eigenvalue weighted by Gasteiger charge is 2.28. The van der Waals surface area contributed by atoms with Crippen LogP contribution in [0.4, 0.5) is 15.8 Å². The first kappa shape index (κ1) is 19.3. The van der Waals surface area contributed by atoms with Crippen LogP contribution in [0.5, 0.6) is 0 Å². The minimum Gasteiger partial charge on any atom is -0.440 e. The third-order valence-corrected chi connectivity index (χ3v) is 5.72. The normalized spacial score (nSPS) is 14.7. The lowest BCUT2D eigenvalue weighted by Crippen LogP contribution is -2.38. The molecule has 3 aromatic carbocycles. The highest BCUT2D eigenvalue weighted by molar-refractivity contribution is 6.00. The molecule has 6 heteroatoms. The number of hydrogen-bond acceptors (Lipinski definition) is 4. The van der Waals surface area contributed by atoms with Crippen LogP contribution in [-0.2, 0) is 0 Å². The molecule has 31 heavy (non-hydrogen) atoms. The van der Waals surface area contributed by atoms with Gasteiger partial charge in [0.25, 0.3) is 5.91 Å². The maximum atomic E-state index is 13.2. The quantitative estimate of drug-likeness (QED) is 0.462. The molecule has 0 bridgehead atoms. The predicted octanol–water partition coefficient (Wildman–Crippen LogP) is 5.73. The van der Waals surface area contributed by atoms with Gasteiger partial charge in [-0.3, -0.25) is 4.79 Å². The van der Waals surface area contributed by atoms with E-state index in [1.54, 1.807) is 12.1 Å². The molecule has 1 saturated heterocycles. The second-order valence-corrected chi connectivity index (χ2v) is 7.76. The Morgan fingerprint density at radius 1 is 0.968 bits per heavy atom. The predicted molar refractivity (Wildman–Crippen MR) is 118 cm³/mol. The van der Waals surface area contributed by atoms with Crippen LogP contribution in [0.25, 0.3) is 11.1 Å². The SMILES string of the molecule is O=C(c1ccccc1Nc1ccc(F)cc1)N1CCC(c2nc3ccccc3o2)CC1. The molecule has 156 valence electrons. The van der Waals surface area contributed by atoms with Crippen LogP contribution in [-0.4, -0.2) is 28.9 Å². The lowest BCUT2D eigenvalue weighted by Gasteiger charge is -2.31. The summed E-state index contributed by atoms with van der Waals surface area (Å²) in [5.41, 5.74) is 3.72. The molecule has 0 atom stereocenters. The highest BCUT2D eigenvalue weighted by atomic mass is 19.1. The number of nitrogens with zero attached hydrogens (tertiary/aromatic N) is 2. The largest absolute Gasteiger partial charge is 0.440 e. The van der Waals surface area contributed by atoms with E-state index < -0.39 is 0 Å². The van der Waals surface area contributed by atoms with Crippen molar-refractivity contribution in [2.24, 2.45) is 0 Å². The van der Waals surface area contributed by atoms with Gasteiger partial charge in [0.1, 0.15) is 11.3 Å². The average molecular weight is 415 g/mol. The lowest BCUT2D eigenvalue weighted by atomic mass is 9.96. The third kappa shape index (κ3) is 4.01. The number of benzene rings is 3. The van der Waals surface area contributed by atoms with E-state index in [1.165, 1.54) is 12.1 Å². The fraction of sp³-hybridized carbons (Fsp3) is 0.200. The Bertz CT molecular complexity index is 1180. The molecular weight excluding hydrogens is 393 g/mol. The topological polar surface area (TPSA) is 58.4 Å². The molecule has 5 rings (SSSR count). The number of fused-ring (bicyclic) bond motifs is 1. The number of rotatable bonds is 4. The van der Waals surface area contributed by atoms with Gasteiger partial charge in [0, 0.05) is 24.7 Å². The molecule has 0 unspecified atom stereocenters. The number of para-hydroxylation sites is 3. The molecule has 4 aromatic rings. The second kappa shape index (κ2) is 8.22. The molecule has 1 aliphatic rings. The molecule has 0 radical (unpaired) electrons. The Hall–Kier alpha value is -3.67. The summed E-state index contributed by atoms with van der Waals surface area (Å²) in [6.45, 7) is 1.29. The molecule has 1 aromatic heterocycles. The number of likely N-dealkylation sites (tertiary alicyclic amines) is 1. The van der Waals surface area contributed by atoms with Gasteiger partial charge in [-0.2, -0.15) is 0 Å². The lowest BCUT2D eigenvalue weighted by molar-refractivity contribution is 0.0707. The Balaban J connectivity index is 1.29. The van der Waals surface area contributed by atoms with Crippen LogP contribution in [0, 0.1) is 5.82 Å². The fourth-order valence-electron chi connectivity index (χ4n) is 4.03. The van der Waals surface area contributed by atoms with Crippen LogP contribution in [0.3, 0.4) is 0 Å². The zero-order chi connectivity index (χ0) is 21.2. The molecule has 1 N–H and O–H groups in total. The van der Waals surface area contributed by atoms with Gasteiger partial charge in [0.2, 0.25) is 0 Å². The van der Waals surface area contributed by atoms with Crippen molar-refractivity contribution in [1.29, 1.82) is 0 Å². The van der Waals surface area contributed by atoms with Crippen molar-refractivity contribution in [3.8, 4) is 0 Å². The van der Waals surface area contributed by atoms with Gasteiger partial charge < -0.3 is 14.6 Å². The molecule has 1 aliphatic heterocycles. The second-order valence-electron chi connectivity index (χ2n) is 7.76. The number of halogens is 1. The molecule has 0 spiro atoms. The summed E-state index contributed by atoms with van der Waals surface area (Å²) in [5, 5.41) is 3.23. The van der Waals surface area contributed by atoms with Crippen LogP contribution in [0.2, 0.25) is 0 Å². The number of hydrogen-bond donors (Lipinski definition) is 1. The van der Waals surface area contributed by atoms with Crippen molar-refractivity contribution in [2.75, 3.05) is 18.4 Å². The van der Waals surface area contributed by atoms with Crippen molar-refractivity contribution in [2.45, 2.75) is 18.8 Å². The van der Waals surface area contributed by atoms with Gasteiger partial charge in [-0.25, -0.2) is 9.37 Å². The van der Waals surface area contributed by atoms with Crippen molar-refractivity contribution in [3.05, 3.63) is 90.1 Å². The van der Waals surface area contributed by atoms with Gasteiger partial charge in [-0.05, 0) is 61.4 Å². The zero-order valence-electron chi connectivity index (χ0n) is 16.9. The van der Waals surface area contributed by atoms with Gasteiger partial charge >= 0.3 is 0 Å². The average Bonchev–Trinajstić information content (AvgIpc) is 3.25. The third-order valence-electron chi connectivity index (χ3n) is 5.72. The number of aromatic nitrogens is 1. The summed E-state index contributed by atoms with van der Waals surface area (Å²) in [5.74, 6) is 0.661. The van der Waals surface area contributed by atoms with Crippen molar-refractivity contribution >= 4 is 28.4 Å². The maximum absolute atomic E-state index is 13.2. The first-order chi connectivity index (χ1) is 15.2. The molecule has 5 nitrogen and oxygen atoms in total.